The maximum absolute atomic E-state index is 12.6. The van der Waals surface area contributed by atoms with Crippen molar-refractivity contribution in [3.8, 4) is 11.1 Å². The topological polar surface area (TPSA) is 90.9 Å². The van der Waals surface area contributed by atoms with Crippen molar-refractivity contribution in [3.63, 3.8) is 0 Å². The van der Waals surface area contributed by atoms with Crippen LogP contribution in [-0.4, -0.2) is 42.9 Å². The number of fused-ring (bicyclic) bond motifs is 3. The van der Waals surface area contributed by atoms with Crippen LogP contribution in [0.2, 0.25) is 0 Å². The first-order valence-electron chi connectivity index (χ1n) is 10.8. The van der Waals surface area contributed by atoms with E-state index in [1.165, 1.54) is 6.08 Å². The largest absolute Gasteiger partial charge is 0.461 e. The molecule has 0 spiro atoms. The number of benzene rings is 2. The van der Waals surface area contributed by atoms with E-state index in [9.17, 15) is 14.4 Å². The van der Waals surface area contributed by atoms with Crippen LogP contribution in [-0.2, 0) is 23.8 Å². The lowest BCUT2D eigenvalue weighted by atomic mass is 9.98. The molecule has 1 aliphatic rings. The predicted octanol–water partition coefficient (Wildman–Crippen LogP) is 4.35. The van der Waals surface area contributed by atoms with Gasteiger partial charge in [0.15, 0.2) is 0 Å². The fraction of sp³-hybridized carbons (Fsp3) is 0.346. The maximum Gasteiger partial charge on any atom is 0.407 e. The van der Waals surface area contributed by atoms with Crippen LogP contribution >= 0.6 is 0 Å². The number of nitrogens with one attached hydrogen (secondary N) is 1. The first-order valence-corrected chi connectivity index (χ1v) is 10.8. The van der Waals surface area contributed by atoms with Gasteiger partial charge in [-0.15, -0.1) is 0 Å². The van der Waals surface area contributed by atoms with Crippen LogP contribution in [0, 0.1) is 0 Å². The summed E-state index contributed by atoms with van der Waals surface area (Å²) >= 11 is 0. The van der Waals surface area contributed by atoms with Crippen molar-refractivity contribution < 1.29 is 28.6 Å². The van der Waals surface area contributed by atoms with Crippen LogP contribution in [0.15, 0.2) is 61.2 Å². The molecule has 7 nitrogen and oxygen atoms in total. The molecular formula is C26H29NO6. The summed E-state index contributed by atoms with van der Waals surface area (Å²) in [4.78, 5) is 37.2. The summed E-state index contributed by atoms with van der Waals surface area (Å²) in [5.41, 5.74) is 3.58. The van der Waals surface area contributed by atoms with Crippen molar-refractivity contribution in [2.75, 3.05) is 13.2 Å². The van der Waals surface area contributed by atoms with Gasteiger partial charge >= 0.3 is 18.0 Å². The third kappa shape index (κ3) is 6.22. The molecule has 0 unspecified atom stereocenters. The molecule has 33 heavy (non-hydrogen) atoms. The summed E-state index contributed by atoms with van der Waals surface area (Å²) in [7, 11) is 0. The smallest absolute Gasteiger partial charge is 0.407 e. The zero-order valence-electron chi connectivity index (χ0n) is 19.1. The molecule has 0 fully saturated rings. The van der Waals surface area contributed by atoms with E-state index in [-0.39, 0.29) is 25.6 Å². The number of rotatable bonds is 8. The molecule has 0 aliphatic heterocycles. The van der Waals surface area contributed by atoms with Crippen LogP contribution in [0.4, 0.5) is 4.79 Å². The second-order valence-electron chi connectivity index (χ2n) is 8.73. The third-order valence-corrected chi connectivity index (χ3v) is 5.06. The molecule has 2 aromatic rings. The minimum absolute atomic E-state index is 0.00478. The summed E-state index contributed by atoms with van der Waals surface area (Å²) in [6, 6.07) is 14.7. The number of carbonyl (C=O) groups excluding carboxylic acids is 3. The van der Waals surface area contributed by atoms with Gasteiger partial charge in [-0.1, -0.05) is 61.2 Å². The van der Waals surface area contributed by atoms with Crippen molar-refractivity contribution >= 4 is 18.0 Å². The molecule has 7 heteroatoms. The van der Waals surface area contributed by atoms with Gasteiger partial charge in [-0.2, -0.15) is 0 Å². The summed E-state index contributed by atoms with van der Waals surface area (Å²) in [6.45, 7) is 8.67. The van der Waals surface area contributed by atoms with E-state index in [4.69, 9.17) is 14.2 Å². The maximum atomic E-state index is 12.6. The van der Waals surface area contributed by atoms with Crippen molar-refractivity contribution in [2.24, 2.45) is 0 Å². The van der Waals surface area contributed by atoms with Crippen molar-refractivity contribution in [1.29, 1.82) is 0 Å². The number of hydrogen-bond acceptors (Lipinski definition) is 6. The van der Waals surface area contributed by atoms with Crippen LogP contribution < -0.4 is 5.32 Å². The summed E-state index contributed by atoms with van der Waals surface area (Å²) in [6.07, 6.45) is 0.219. The fourth-order valence-corrected chi connectivity index (χ4v) is 3.73. The van der Waals surface area contributed by atoms with Crippen molar-refractivity contribution in [1.82, 2.24) is 5.32 Å². The van der Waals surface area contributed by atoms with E-state index in [2.05, 4.69) is 11.9 Å². The predicted molar refractivity (Wildman–Crippen MR) is 124 cm³/mol. The first kappa shape index (κ1) is 24.0. The average Bonchev–Trinajstić information content (AvgIpc) is 3.08. The Kier molecular flexibility index (Phi) is 7.53. The van der Waals surface area contributed by atoms with Crippen LogP contribution in [0.25, 0.3) is 11.1 Å². The van der Waals surface area contributed by atoms with Gasteiger partial charge in [0.2, 0.25) is 0 Å². The molecule has 0 saturated carbocycles. The minimum atomic E-state index is -1.24. The molecule has 1 amide bonds. The molecule has 0 bridgehead atoms. The molecule has 0 radical (unpaired) electrons. The molecule has 1 aliphatic carbocycles. The molecule has 2 aromatic carbocycles. The van der Waals surface area contributed by atoms with Gasteiger partial charge in [-0.05, 0) is 43.0 Å². The zero-order chi connectivity index (χ0) is 24.0. The Balaban J connectivity index is 1.68. The third-order valence-electron chi connectivity index (χ3n) is 5.06. The number of amides is 1. The van der Waals surface area contributed by atoms with Crippen LogP contribution in [0.1, 0.15) is 44.2 Å². The summed E-state index contributed by atoms with van der Waals surface area (Å²) in [5, 5.41) is 2.46. The highest BCUT2D eigenvalue weighted by Gasteiger charge is 2.32. The van der Waals surface area contributed by atoms with E-state index >= 15 is 0 Å². The fourth-order valence-electron chi connectivity index (χ4n) is 3.73. The van der Waals surface area contributed by atoms with E-state index in [1.807, 2.05) is 48.5 Å². The lowest BCUT2D eigenvalue weighted by molar-refractivity contribution is -0.160. The van der Waals surface area contributed by atoms with Gasteiger partial charge in [0.1, 0.15) is 24.9 Å². The van der Waals surface area contributed by atoms with E-state index in [0.717, 1.165) is 22.3 Å². The van der Waals surface area contributed by atoms with Gasteiger partial charge < -0.3 is 19.5 Å². The van der Waals surface area contributed by atoms with Gasteiger partial charge in [-0.3, -0.25) is 4.79 Å². The quantitative estimate of drug-likeness (QED) is 0.364. The summed E-state index contributed by atoms with van der Waals surface area (Å²) < 4.78 is 15.8. The number of ether oxygens (including phenoxy) is 3. The lowest BCUT2D eigenvalue weighted by Crippen LogP contribution is -2.46. The highest BCUT2D eigenvalue weighted by Crippen LogP contribution is 2.44. The minimum Gasteiger partial charge on any atom is -0.461 e. The standard InChI is InChI=1S/C26H29NO6/c1-5-14-31-23(28)15-22(24(29)33-26(2,3)4)27-25(30)32-16-21-19-12-8-6-10-17(19)18-11-7-9-13-20(18)21/h5-13,21-22H,1,14-16H2,2-4H3,(H,27,30)/t22-/m0/s1. The second-order valence-corrected chi connectivity index (χ2v) is 8.73. The SMILES string of the molecule is C=CCOC(=O)C[C@H](NC(=O)OCC1c2ccccc2-c2ccccc21)C(=O)OC(C)(C)C. The molecule has 1 N–H and O–H groups in total. The Morgan fingerprint density at radius 3 is 2.12 bits per heavy atom. The molecule has 3 rings (SSSR count). The molecule has 174 valence electrons. The number of alkyl carbamates (subject to hydrolysis) is 1. The van der Waals surface area contributed by atoms with Gasteiger partial charge in [0.25, 0.3) is 0 Å². The second kappa shape index (κ2) is 10.3. The number of esters is 2. The van der Waals surface area contributed by atoms with E-state index < -0.39 is 29.7 Å². The van der Waals surface area contributed by atoms with Crippen LogP contribution in [0.5, 0.6) is 0 Å². The first-order chi connectivity index (χ1) is 15.7. The zero-order valence-corrected chi connectivity index (χ0v) is 19.1. The van der Waals surface area contributed by atoms with Crippen molar-refractivity contribution in [3.05, 3.63) is 72.3 Å². The molecule has 0 aromatic heterocycles. The number of carbonyl (C=O) groups is 3. The van der Waals surface area contributed by atoms with E-state index in [1.54, 1.807) is 20.8 Å². The monoisotopic (exact) mass is 451 g/mol. The molecule has 0 heterocycles. The van der Waals surface area contributed by atoms with Crippen LogP contribution in [0.3, 0.4) is 0 Å². The highest BCUT2D eigenvalue weighted by atomic mass is 16.6. The number of hydrogen-bond donors (Lipinski definition) is 1. The lowest BCUT2D eigenvalue weighted by Gasteiger charge is -2.24. The Morgan fingerprint density at radius 2 is 1.58 bits per heavy atom. The molecule has 1 atom stereocenters. The van der Waals surface area contributed by atoms with Gasteiger partial charge in [-0.25, -0.2) is 9.59 Å². The van der Waals surface area contributed by atoms with Gasteiger partial charge in [0.05, 0.1) is 6.42 Å². The Morgan fingerprint density at radius 1 is 1.00 bits per heavy atom. The van der Waals surface area contributed by atoms with E-state index in [0.29, 0.717) is 0 Å². The Hall–Kier alpha value is -3.61. The highest BCUT2D eigenvalue weighted by molar-refractivity contribution is 5.86. The normalized spacial score (nSPS) is 13.3. The Labute approximate surface area is 193 Å². The molecular weight excluding hydrogens is 422 g/mol. The molecule has 0 saturated heterocycles. The van der Waals surface area contributed by atoms with Crippen molar-refractivity contribution in [2.45, 2.75) is 44.8 Å². The summed E-state index contributed by atoms with van der Waals surface area (Å²) in [5.74, 6) is -1.53. The Bertz CT molecular complexity index is 994. The van der Waals surface area contributed by atoms with Gasteiger partial charge in [0, 0.05) is 5.92 Å². The average molecular weight is 452 g/mol.